The molecule has 1 N–H and O–H groups in total. The van der Waals surface area contributed by atoms with E-state index in [0.29, 0.717) is 9.87 Å². The van der Waals surface area contributed by atoms with E-state index in [9.17, 15) is 21.6 Å². The van der Waals surface area contributed by atoms with E-state index < -0.39 is 22.7 Å². The van der Waals surface area contributed by atoms with Crippen molar-refractivity contribution < 1.29 is 21.6 Å². The lowest BCUT2D eigenvalue weighted by Crippen LogP contribution is -2.38. The van der Waals surface area contributed by atoms with Gasteiger partial charge in [0.1, 0.15) is 6.54 Å². The van der Waals surface area contributed by atoms with Gasteiger partial charge in [0, 0.05) is 12.6 Å². The summed E-state index contributed by atoms with van der Waals surface area (Å²) in [5.74, 6) is 0. The number of halogens is 3. The molecular weight excluding hydrogens is 305 g/mol. The normalized spacial score (nSPS) is 14.4. The van der Waals surface area contributed by atoms with Gasteiger partial charge in [-0.25, -0.2) is 8.42 Å². The van der Waals surface area contributed by atoms with Crippen LogP contribution in [0.5, 0.6) is 0 Å². The molecule has 1 aromatic rings. The molecule has 21 heavy (non-hydrogen) atoms. The summed E-state index contributed by atoms with van der Waals surface area (Å²) in [4.78, 5) is -0.131. The first kappa shape index (κ1) is 17.9. The second-order valence-electron chi connectivity index (χ2n) is 4.63. The number of rotatable bonds is 6. The molecule has 4 nitrogen and oxygen atoms in total. The van der Waals surface area contributed by atoms with Crippen LogP contribution in [0, 0.1) is 0 Å². The largest absolute Gasteiger partial charge is 0.402 e. The first-order chi connectivity index (χ1) is 9.61. The van der Waals surface area contributed by atoms with Crippen molar-refractivity contribution in [3.63, 3.8) is 0 Å². The van der Waals surface area contributed by atoms with E-state index in [1.54, 1.807) is 13.1 Å². The van der Waals surface area contributed by atoms with E-state index in [2.05, 4.69) is 5.32 Å². The molecule has 0 saturated heterocycles. The molecule has 8 heteroatoms. The molecule has 0 aliphatic heterocycles. The van der Waals surface area contributed by atoms with Gasteiger partial charge < -0.3 is 5.32 Å². The van der Waals surface area contributed by atoms with Crippen molar-refractivity contribution in [2.75, 3.05) is 20.1 Å². The fourth-order valence-corrected chi connectivity index (χ4v) is 3.32. The SMILES string of the molecule is CCN(CC(F)(F)F)S(=O)(=O)c1cccc(C(C)NC)c1. The zero-order chi connectivity index (χ0) is 16.3. The van der Waals surface area contributed by atoms with Gasteiger partial charge in [-0.3, -0.25) is 0 Å². The van der Waals surface area contributed by atoms with E-state index in [-0.39, 0.29) is 17.5 Å². The Bertz CT molecular complexity index is 573. The van der Waals surface area contributed by atoms with Crippen LogP contribution in [0.2, 0.25) is 0 Å². The van der Waals surface area contributed by atoms with Crippen molar-refractivity contribution in [3.8, 4) is 0 Å². The van der Waals surface area contributed by atoms with Gasteiger partial charge in [0.2, 0.25) is 10.0 Å². The zero-order valence-electron chi connectivity index (χ0n) is 12.1. The third-order valence-electron chi connectivity index (χ3n) is 3.14. The maximum atomic E-state index is 12.5. The molecule has 1 rings (SSSR count). The lowest BCUT2D eigenvalue weighted by Gasteiger charge is -2.22. The van der Waals surface area contributed by atoms with Crippen molar-refractivity contribution in [2.45, 2.75) is 31.0 Å². The highest BCUT2D eigenvalue weighted by Crippen LogP contribution is 2.24. The number of nitrogens with zero attached hydrogens (tertiary/aromatic N) is 1. The summed E-state index contributed by atoms with van der Waals surface area (Å²) >= 11 is 0. The van der Waals surface area contributed by atoms with Crippen LogP contribution in [0.15, 0.2) is 29.2 Å². The van der Waals surface area contributed by atoms with Crippen LogP contribution in [-0.4, -0.2) is 39.0 Å². The summed E-state index contributed by atoms with van der Waals surface area (Å²) in [6.45, 7) is 1.48. The van der Waals surface area contributed by atoms with Crippen LogP contribution in [0.4, 0.5) is 13.2 Å². The Kier molecular flexibility index (Phi) is 5.77. The minimum Gasteiger partial charge on any atom is -0.313 e. The molecule has 0 aliphatic rings. The lowest BCUT2D eigenvalue weighted by molar-refractivity contribution is -0.135. The predicted molar refractivity (Wildman–Crippen MR) is 74.4 cm³/mol. The molecule has 0 amide bonds. The van der Waals surface area contributed by atoms with Crippen LogP contribution in [-0.2, 0) is 10.0 Å². The second-order valence-corrected chi connectivity index (χ2v) is 6.57. The van der Waals surface area contributed by atoms with Gasteiger partial charge >= 0.3 is 6.18 Å². The predicted octanol–water partition coefficient (Wildman–Crippen LogP) is 2.54. The van der Waals surface area contributed by atoms with Gasteiger partial charge in [-0.2, -0.15) is 17.5 Å². The molecule has 0 spiro atoms. The minimum atomic E-state index is -4.57. The standard InChI is InChI=1S/C13H19F3N2O2S/c1-4-18(9-13(14,15)16)21(19,20)12-7-5-6-11(8-12)10(2)17-3/h5-8,10,17H,4,9H2,1-3H3. The molecule has 1 unspecified atom stereocenters. The average molecular weight is 324 g/mol. The fraction of sp³-hybridized carbons (Fsp3) is 0.538. The fourth-order valence-electron chi connectivity index (χ4n) is 1.83. The molecular formula is C13H19F3N2O2S. The molecule has 0 fully saturated rings. The highest BCUT2D eigenvalue weighted by molar-refractivity contribution is 7.89. The Morgan fingerprint density at radius 2 is 1.95 bits per heavy atom. The second kappa shape index (κ2) is 6.76. The van der Waals surface area contributed by atoms with Crippen molar-refractivity contribution in [3.05, 3.63) is 29.8 Å². The summed E-state index contributed by atoms with van der Waals surface area (Å²) in [5, 5.41) is 2.95. The Balaban J connectivity index is 3.17. The minimum absolute atomic E-state index is 0.0992. The summed E-state index contributed by atoms with van der Waals surface area (Å²) in [6.07, 6.45) is -4.57. The van der Waals surface area contributed by atoms with Crippen molar-refractivity contribution >= 4 is 10.0 Å². The van der Waals surface area contributed by atoms with E-state index in [1.165, 1.54) is 25.1 Å². The molecule has 0 heterocycles. The third kappa shape index (κ3) is 4.69. The first-order valence-corrected chi connectivity index (χ1v) is 7.90. The van der Waals surface area contributed by atoms with Gasteiger partial charge in [0.15, 0.2) is 0 Å². The molecule has 0 radical (unpaired) electrons. The number of hydrogen-bond acceptors (Lipinski definition) is 3. The van der Waals surface area contributed by atoms with E-state index in [4.69, 9.17) is 0 Å². The highest BCUT2D eigenvalue weighted by Gasteiger charge is 2.36. The number of nitrogens with one attached hydrogen (secondary N) is 1. The monoisotopic (exact) mass is 324 g/mol. The Hall–Kier alpha value is -1.12. The maximum Gasteiger partial charge on any atom is 0.402 e. The molecule has 1 atom stereocenters. The summed E-state index contributed by atoms with van der Waals surface area (Å²) in [6, 6.07) is 5.85. The van der Waals surface area contributed by atoms with Crippen molar-refractivity contribution in [1.82, 2.24) is 9.62 Å². The topological polar surface area (TPSA) is 49.4 Å². The summed E-state index contributed by atoms with van der Waals surface area (Å²) in [7, 11) is -2.45. The Morgan fingerprint density at radius 3 is 2.43 bits per heavy atom. The van der Waals surface area contributed by atoms with Crippen LogP contribution >= 0.6 is 0 Å². The smallest absolute Gasteiger partial charge is 0.313 e. The molecule has 0 bridgehead atoms. The Morgan fingerprint density at radius 1 is 1.33 bits per heavy atom. The van der Waals surface area contributed by atoms with Gasteiger partial charge in [-0.1, -0.05) is 19.1 Å². The number of hydrogen-bond donors (Lipinski definition) is 1. The van der Waals surface area contributed by atoms with Gasteiger partial charge in [0.05, 0.1) is 4.90 Å². The zero-order valence-corrected chi connectivity index (χ0v) is 12.9. The van der Waals surface area contributed by atoms with Crippen LogP contribution in [0.3, 0.4) is 0 Å². The number of alkyl halides is 3. The first-order valence-electron chi connectivity index (χ1n) is 6.46. The average Bonchev–Trinajstić information content (AvgIpc) is 2.42. The summed E-state index contributed by atoms with van der Waals surface area (Å²) in [5.41, 5.74) is 0.696. The van der Waals surface area contributed by atoms with Gasteiger partial charge in [-0.15, -0.1) is 0 Å². The quantitative estimate of drug-likeness (QED) is 0.875. The number of benzene rings is 1. The Labute approximate surface area is 123 Å². The van der Waals surface area contributed by atoms with E-state index >= 15 is 0 Å². The van der Waals surface area contributed by atoms with Crippen LogP contribution < -0.4 is 5.32 Å². The van der Waals surface area contributed by atoms with Gasteiger partial charge in [-0.05, 0) is 31.7 Å². The molecule has 120 valence electrons. The lowest BCUT2D eigenvalue weighted by atomic mass is 10.1. The van der Waals surface area contributed by atoms with Crippen molar-refractivity contribution in [1.29, 1.82) is 0 Å². The van der Waals surface area contributed by atoms with Crippen LogP contribution in [0.1, 0.15) is 25.5 Å². The van der Waals surface area contributed by atoms with Gasteiger partial charge in [0.25, 0.3) is 0 Å². The van der Waals surface area contributed by atoms with Crippen LogP contribution in [0.25, 0.3) is 0 Å². The summed E-state index contributed by atoms with van der Waals surface area (Å²) < 4.78 is 62.5. The third-order valence-corrected chi connectivity index (χ3v) is 5.05. The van der Waals surface area contributed by atoms with E-state index in [1.807, 2.05) is 6.92 Å². The highest BCUT2D eigenvalue weighted by atomic mass is 32.2. The molecule has 0 saturated carbocycles. The van der Waals surface area contributed by atoms with E-state index in [0.717, 1.165) is 0 Å². The molecule has 1 aromatic carbocycles. The maximum absolute atomic E-state index is 12.5. The number of sulfonamides is 1. The molecule has 0 aromatic heterocycles. The molecule has 0 aliphatic carbocycles. The van der Waals surface area contributed by atoms with Crippen molar-refractivity contribution in [2.24, 2.45) is 0 Å².